The van der Waals surface area contributed by atoms with Crippen molar-refractivity contribution in [1.29, 1.82) is 0 Å². The molecule has 0 saturated heterocycles. The second kappa shape index (κ2) is 9.59. The van der Waals surface area contributed by atoms with Crippen LogP contribution < -0.4 is 0 Å². The molecule has 0 atom stereocenters. The molecule has 0 amide bonds. The molecule has 0 aliphatic carbocycles. The van der Waals surface area contributed by atoms with E-state index in [0.29, 0.717) is 0 Å². The van der Waals surface area contributed by atoms with Crippen molar-refractivity contribution in [1.82, 2.24) is 9.97 Å². The van der Waals surface area contributed by atoms with Crippen molar-refractivity contribution < 1.29 is 0 Å². The summed E-state index contributed by atoms with van der Waals surface area (Å²) in [5.74, 6) is 0. The Bertz CT molecular complexity index is 2490. The van der Waals surface area contributed by atoms with Crippen molar-refractivity contribution in [3.8, 4) is 33.6 Å². The highest BCUT2D eigenvalue weighted by Crippen LogP contribution is 2.39. The van der Waals surface area contributed by atoms with E-state index in [1.54, 1.807) is 0 Å². The van der Waals surface area contributed by atoms with Gasteiger partial charge in [0.2, 0.25) is 0 Å². The third-order valence-corrected chi connectivity index (χ3v) is 9.62. The first kappa shape index (κ1) is 24.2. The van der Waals surface area contributed by atoms with Crippen molar-refractivity contribution in [2.75, 3.05) is 0 Å². The number of hydrogen-bond donors (Lipinski definition) is 0. The summed E-state index contributed by atoms with van der Waals surface area (Å²) in [5, 5.41) is 7.28. The van der Waals surface area contributed by atoms with Crippen LogP contribution in [0.2, 0.25) is 0 Å². The van der Waals surface area contributed by atoms with E-state index in [1.165, 1.54) is 42.1 Å². The summed E-state index contributed by atoms with van der Waals surface area (Å²) in [6.45, 7) is 0. The highest BCUT2D eigenvalue weighted by molar-refractivity contribution is 7.25. The molecule has 0 saturated carbocycles. The lowest BCUT2D eigenvalue weighted by molar-refractivity contribution is 1.31. The van der Waals surface area contributed by atoms with E-state index in [1.807, 2.05) is 17.4 Å². The largest absolute Gasteiger partial charge is 0.243 e. The quantitative estimate of drug-likeness (QED) is 0.199. The van der Waals surface area contributed by atoms with Gasteiger partial charge in [0.25, 0.3) is 0 Å². The SMILES string of the molecule is c1ccc(-c2nc3c4ccccc4c4ccccc4c3nc2-c2ccc(-c3ccc4sc5ccccc5c4c3)cc2)cc1. The number of benzene rings is 7. The Balaban J connectivity index is 1.25. The molecule has 43 heavy (non-hydrogen) atoms. The van der Waals surface area contributed by atoms with Gasteiger partial charge in [-0.1, -0.05) is 127 Å². The van der Waals surface area contributed by atoms with Gasteiger partial charge in [0.1, 0.15) is 0 Å². The molecule has 2 heterocycles. The third-order valence-electron chi connectivity index (χ3n) is 8.47. The van der Waals surface area contributed by atoms with Crippen LogP contribution in [0.3, 0.4) is 0 Å². The van der Waals surface area contributed by atoms with E-state index < -0.39 is 0 Å². The first-order chi connectivity index (χ1) is 21.3. The molecule has 0 N–H and O–H groups in total. The Morgan fingerprint density at radius 1 is 0.326 bits per heavy atom. The van der Waals surface area contributed by atoms with Crippen LogP contribution in [-0.4, -0.2) is 9.97 Å². The highest BCUT2D eigenvalue weighted by Gasteiger charge is 2.18. The zero-order valence-electron chi connectivity index (χ0n) is 23.2. The fourth-order valence-electron chi connectivity index (χ4n) is 6.38. The van der Waals surface area contributed by atoms with Crippen LogP contribution in [0.25, 0.3) is 86.4 Å². The average Bonchev–Trinajstić information content (AvgIpc) is 3.46. The Labute approximate surface area is 252 Å². The van der Waals surface area contributed by atoms with Crippen molar-refractivity contribution >= 4 is 64.1 Å². The van der Waals surface area contributed by atoms with Gasteiger partial charge < -0.3 is 0 Å². The lowest BCUT2D eigenvalue weighted by Crippen LogP contribution is -1.97. The summed E-state index contributed by atoms with van der Waals surface area (Å²) in [7, 11) is 0. The average molecular weight is 565 g/mol. The molecule has 9 aromatic rings. The van der Waals surface area contributed by atoms with Gasteiger partial charge in [-0.15, -0.1) is 11.3 Å². The minimum Gasteiger partial charge on any atom is -0.243 e. The Morgan fingerprint density at radius 3 is 1.44 bits per heavy atom. The van der Waals surface area contributed by atoms with Crippen LogP contribution in [0, 0.1) is 0 Å². The zero-order chi connectivity index (χ0) is 28.3. The number of hydrogen-bond acceptors (Lipinski definition) is 3. The van der Waals surface area contributed by atoms with Crippen molar-refractivity contribution in [3.63, 3.8) is 0 Å². The molecular weight excluding hydrogens is 541 g/mol. The van der Waals surface area contributed by atoms with Crippen LogP contribution in [-0.2, 0) is 0 Å². The topological polar surface area (TPSA) is 25.8 Å². The summed E-state index contributed by atoms with van der Waals surface area (Å²) in [6, 6.07) is 51.8. The van der Waals surface area contributed by atoms with Crippen LogP contribution in [0.15, 0.2) is 146 Å². The summed E-state index contributed by atoms with van der Waals surface area (Å²) < 4.78 is 2.65. The van der Waals surface area contributed by atoms with E-state index in [-0.39, 0.29) is 0 Å². The van der Waals surface area contributed by atoms with Crippen LogP contribution >= 0.6 is 11.3 Å². The molecule has 2 aromatic heterocycles. The van der Waals surface area contributed by atoms with E-state index in [0.717, 1.165) is 44.3 Å². The molecule has 7 aromatic carbocycles. The minimum atomic E-state index is 0.893. The van der Waals surface area contributed by atoms with Crippen molar-refractivity contribution in [3.05, 3.63) is 146 Å². The molecule has 0 radical (unpaired) electrons. The molecule has 200 valence electrons. The highest BCUT2D eigenvalue weighted by atomic mass is 32.1. The first-order valence-corrected chi connectivity index (χ1v) is 15.3. The van der Waals surface area contributed by atoms with Crippen molar-refractivity contribution in [2.45, 2.75) is 0 Å². The monoisotopic (exact) mass is 564 g/mol. The third kappa shape index (κ3) is 3.86. The van der Waals surface area contributed by atoms with Gasteiger partial charge >= 0.3 is 0 Å². The van der Waals surface area contributed by atoms with Gasteiger partial charge in [0.15, 0.2) is 0 Å². The van der Waals surface area contributed by atoms with E-state index >= 15 is 0 Å². The minimum absolute atomic E-state index is 0.893. The number of nitrogens with zero attached hydrogens (tertiary/aromatic N) is 2. The molecule has 0 aliphatic rings. The van der Waals surface area contributed by atoms with Gasteiger partial charge in [-0.3, -0.25) is 0 Å². The molecule has 0 spiro atoms. The summed E-state index contributed by atoms with van der Waals surface area (Å²) in [4.78, 5) is 10.8. The van der Waals surface area contributed by atoms with E-state index in [2.05, 4.69) is 140 Å². The van der Waals surface area contributed by atoms with Gasteiger partial charge in [-0.2, -0.15) is 0 Å². The fraction of sp³-hybridized carbons (Fsp3) is 0. The van der Waals surface area contributed by atoms with Crippen LogP contribution in [0.4, 0.5) is 0 Å². The Kier molecular flexibility index (Phi) is 5.40. The van der Waals surface area contributed by atoms with Gasteiger partial charge in [-0.25, -0.2) is 9.97 Å². The lowest BCUT2D eigenvalue weighted by atomic mass is 9.97. The van der Waals surface area contributed by atoms with Crippen LogP contribution in [0.1, 0.15) is 0 Å². The zero-order valence-corrected chi connectivity index (χ0v) is 24.0. The lowest BCUT2D eigenvalue weighted by Gasteiger charge is -2.15. The maximum absolute atomic E-state index is 5.41. The number of rotatable bonds is 3. The second-order valence-corrected chi connectivity index (χ2v) is 12.0. The molecular formula is C40H24N2S. The van der Waals surface area contributed by atoms with Crippen molar-refractivity contribution in [2.24, 2.45) is 0 Å². The summed E-state index contributed by atoms with van der Waals surface area (Å²) >= 11 is 1.85. The molecule has 0 aliphatic heterocycles. The predicted molar refractivity (Wildman–Crippen MR) is 184 cm³/mol. The Hall–Kier alpha value is -5.38. The number of aromatic nitrogens is 2. The van der Waals surface area contributed by atoms with Gasteiger partial charge in [0.05, 0.1) is 22.4 Å². The first-order valence-electron chi connectivity index (χ1n) is 14.5. The second-order valence-electron chi connectivity index (χ2n) is 11.0. The fourth-order valence-corrected chi connectivity index (χ4v) is 7.47. The Morgan fingerprint density at radius 2 is 0.791 bits per heavy atom. The maximum atomic E-state index is 5.41. The predicted octanol–water partition coefficient (Wildman–Crippen LogP) is 11.3. The number of thiophene rings is 1. The summed E-state index contributed by atoms with van der Waals surface area (Å²) in [6.07, 6.45) is 0. The molecule has 2 nitrogen and oxygen atoms in total. The molecule has 9 rings (SSSR count). The normalized spacial score (nSPS) is 11.7. The van der Waals surface area contributed by atoms with Gasteiger partial charge in [0, 0.05) is 42.1 Å². The van der Waals surface area contributed by atoms with E-state index in [9.17, 15) is 0 Å². The molecule has 0 fully saturated rings. The van der Waals surface area contributed by atoms with E-state index in [4.69, 9.17) is 9.97 Å². The van der Waals surface area contributed by atoms with Crippen LogP contribution in [0.5, 0.6) is 0 Å². The molecule has 3 heteroatoms. The molecule has 0 unspecified atom stereocenters. The molecule has 0 bridgehead atoms. The smallest absolute Gasteiger partial charge is 0.0979 e. The number of fused-ring (bicyclic) bond motifs is 9. The maximum Gasteiger partial charge on any atom is 0.0979 e. The summed E-state index contributed by atoms with van der Waals surface area (Å²) in [5.41, 5.74) is 8.17. The van der Waals surface area contributed by atoms with Gasteiger partial charge in [-0.05, 0) is 40.1 Å². The standard InChI is InChI=1S/C40H24N2S/c1-2-10-26(11-3-1)37-38(42-40-33-16-7-5-13-30(33)29-12-4-6-15-32(29)39(40)41-37)27-20-18-25(19-21-27)28-22-23-36-34(24-28)31-14-8-9-17-35(31)43-36/h1-24H.